The number of benzene rings is 1. The molecule has 0 saturated heterocycles. The summed E-state index contributed by atoms with van der Waals surface area (Å²) >= 11 is 0. The van der Waals surface area contributed by atoms with Gasteiger partial charge in [0.2, 0.25) is 5.91 Å². The summed E-state index contributed by atoms with van der Waals surface area (Å²) in [6, 6.07) is 8.53. The molecule has 1 amide bonds. The molecule has 32 heavy (non-hydrogen) atoms. The van der Waals surface area contributed by atoms with E-state index in [2.05, 4.69) is 5.32 Å². The minimum atomic E-state index is -4.27. The van der Waals surface area contributed by atoms with Crippen molar-refractivity contribution in [3.8, 4) is 0 Å². The molecule has 4 atom stereocenters. The lowest BCUT2D eigenvalue weighted by Gasteiger charge is -2.30. The molecule has 3 unspecified atom stereocenters. The zero-order valence-electron chi connectivity index (χ0n) is 19.0. The number of carboxylic acids is 1. The molecule has 180 valence electrons. The third-order valence-electron chi connectivity index (χ3n) is 6.05. The van der Waals surface area contributed by atoms with Crippen molar-refractivity contribution in [3.63, 3.8) is 0 Å². The van der Waals surface area contributed by atoms with Crippen LogP contribution in [0.4, 0.5) is 0 Å². The monoisotopic (exact) mass is 468 g/mol. The number of carbonyl (C=O) groups is 2. The standard InChI is InChI=1S/C23H37N2O6P/c1-16(2)19(23(27)28)15-32(29,30)31-21(14-18-11-7-4-8-12-18)25-22(26)20(24)13-17-9-5-3-6-10-17/h3,5-6,9-10,16,18-21H,4,7-8,11-15,24H2,1-2H3,(H,25,26)(H,27,28)(H,29,30)/t19?,20-,21?/m0/s1. The van der Waals surface area contributed by atoms with Gasteiger partial charge in [0.1, 0.15) is 6.23 Å². The van der Waals surface area contributed by atoms with Gasteiger partial charge in [-0.05, 0) is 30.2 Å². The molecule has 2 rings (SSSR count). The third kappa shape index (κ3) is 9.02. The molecule has 0 aromatic heterocycles. The smallest absolute Gasteiger partial charge is 0.330 e. The molecule has 1 aliphatic rings. The van der Waals surface area contributed by atoms with E-state index in [1.807, 2.05) is 30.3 Å². The number of hydrogen-bond donors (Lipinski definition) is 4. The van der Waals surface area contributed by atoms with E-state index in [1.165, 1.54) is 0 Å². The van der Waals surface area contributed by atoms with Crippen LogP contribution in [-0.2, 0) is 25.1 Å². The topological polar surface area (TPSA) is 139 Å². The molecule has 1 aromatic rings. The van der Waals surface area contributed by atoms with E-state index in [0.717, 1.165) is 37.7 Å². The number of carbonyl (C=O) groups excluding carboxylic acids is 1. The van der Waals surface area contributed by atoms with Gasteiger partial charge in [-0.1, -0.05) is 76.3 Å². The van der Waals surface area contributed by atoms with Gasteiger partial charge in [-0.25, -0.2) is 0 Å². The Morgan fingerprint density at radius 3 is 2.38 bits per heavy atom. The normalized spacial score (nSPS) is 19.7. The maximum Gasteiger partial charge on any atom is 0.330 e. The lowest BCUT2D eigenvalue weighted by Crippen LogP contribution is -2.47. The summed E-state index contributed by atoms with van der Waals surface area (Å²) in [5.41, 5.74) is 6.99. The Labute approximate surface area is 190 Å². The van der Waals surface area contributed by atoms with E-state index in [9.17, 15) is 24.2 Å². The summed E-state index contributed by atoms with van der Waals surface area (Å²) in [7, 11) is -4.27. The molecule has 8 nitrogen and oxygen atoms in total. The summed E-state index contributed by atoms with van der Waals surface area (Å²) in [5, 5.41) is 12.1. The number of carboxylic acid groups (broad SMARTS) is 1. The van der Waals surface area contributed by atoms with Gasteiger partial charge >= 0.3 is 13.6 Å². The Kier molecular flexibility index (Phi) is 10.4. The first-order chi connectivity index (χ1) is 15.1. The molecule has 0 spiro atoms. The molecular formula is C23H37N2O6P. The van der Waals surface area contributed by atoms with Crippen molar-refractivity contribution in [3.05, 3.63) is 35.9 Å². The lowest BCUT2D eigenvalue weighted by atomic mass is 9.86. The van der Waals surface area contributed by atoms with Gasteiger partial charge < -0.3 is 21.1 Å². The predicted octanol–water partition coefficient (Wildman–Crippen LogP) is 3.53. The molecule has 9 heteroatoms. The average molecular weight is 469 g/mol. The zero-order chi connectivity index (χ0) is 23.7. The first-order valence-electron chi connectivity index (χ1n) is 11.4. The number of aliphatic carboxylic acids is 1. The van der Waals surface area contributed by atoms with Crippen LogP contribution in [0.1, 0.15) is 57.9 Å². The summed E-state index contributed by atoms with van der Waals surface area (Å²) in [6.07, 6.45) is 4.45. The van der Waals surface area contributed by atoms with E-state index in [0.29, 0.717) is 12.8 Å². The Morgan fingerprint density at radius 2 is 1.81 bits per heavy atom. The fraction of sp³-hybridized carbons (Fsp3) is 0.652. The SMILES string of the molecule is CC(C)C(CP(=O)(O)OC(CC1CCCCC1)NC(=O)[C@@H](N)Cc1ccccc1)C(=O)O. The second-order valence-electron chi connectivity index (χ2n) is 9.15. The van der Waals surface area contributed by atoms with E-state index < -0.39 is 43.8 Å². The minimum absolute atomic E-state index is 0.264. The number of nitrogens with two attached hydrogens (primary N) is 1. The van der Waals surface area contributed by atoms with Crippen molar-refractivity contribution in [1.82, 2.24) is 5.32 Å². The van der Waals surface area contributed by atoms with Crippen molar-refractivity contribution < 1.29 is 28.7 Å². The Balaban J connectivity index is 2.07. The highest BCUT2D eigenvalue weighted by Crippen LogP contribution is 2.47. The largest absolute Gasteiger partial charge is 0.481 e. The van der Waals surface area contributed by atoms with Gasteiger partial charge in [-0.3, -0.25) is 18.7 Å². The molecule has 0 heterocycles. The highest BCUT2D eigenvalue weighted by molar-refractivity contribution is 7.52. The summed E-state index contributed by atoms with van der Waals surface area (Å²) in [5.74, 6) is -2.69. The minimum Gasteiger partial charge on any atom is -0.481 e. The first-order valence-corrected chi connectivity index (χ1v) is 13.2. The Morgan fingerprint density at radius 1 is 1.19 bits per heavy atom. The molecule has 0 bridgehead atoms. The van der Waals surface area contributed by atoms with Gasteiger partial charge in [0.05, 0.1) is 18.1 Å². The van der Waals surface area contributed by atoms with Crippen molar-refractivity contribution in [2.45, 2.75) is 71.1 Å². The fourth-order valence-electron chi connectivity index (χ4n) is 4.14. The maximum atomic E-state index is 12.8. The van der Waals surface area contributed by atoms with Crippen LogP contribution in [0.25, 0.3) is 0 Å². The van der Waals surface area contributed by atoms with Crippen LogP contribution in [0.5, 0.6) is 0 Å². The van der Waals surface area contributed by atoms with Crippen LogP contribution < -0.4 is 11.1 Å². The molecule has 0 aliphatic heterocycles. The second kappa shape index (κ2) is 12.5. The highest BCUT2D eigenvalue weighted by Gasteiger charge is 2.35. The first kappa shape index (κ1) is 26.5. The molecule has 1 fully saturated rings. The third-order valence-corrected chi connectivity index (χ3v) is 7.49. The van der Waals surface area contributed by atoms with Crippen LogP contribution in [0.15, 0.2) is 30.3 Å². The number of hydrogen-bond acceptors (Lipinski definition) is 5. The van der Waals surface area contributed by atoms with Gasteiger partial charge in [0, 0.05) is 0 Å². The lowest BCUT2D eigenvalue weighted by molar-refractivity contribution is -0.142. The summed E-state index contributed by atoms with van der Waals surface area (Å²) < 4.78 is 18.3. The van der Waals surface area contributed by atoms with Crippen LogP contribution in [-0.4, -0.2) is 40.3 Å². The van der Waals surface area contributed by atoms with Crippen LogP contribution in [0.2, 0.25) is 0 Å². The van der Waals surface area contributed by atoms with Gasteiger partial charge in [-0.2, -0.15) is 0 Å². The van der Waals surface area contributed by atoms with Gasteiger partial charge in [0.15, 0.2) is 0 Å². The van der Waals surface area contributed by atoms with Crippen molar-refractivity contribution in [2.75, 3.05) is 6.16 Å². The van der Waals surface area contributed by atoms with Crippen LogP contribution in [0.3, 0.4) is 0 Å². The van der Waals surface area contributed by atoms with Crippen molar-refractivity contribution >= 4 is 19.5 Å². The number of rotatable bonds is 12. The second-order valence-corrected chi connectivity index (χ2v) is 11.0. The van der Waals surface area contributed by atoms with E-state index in [4.69, 9.17) is 10.3 Å². The average Bonchev–Trinajstić information content (AvgIpc) is 2.72. The van der Waals surface area contributed by atoms with Crippen LogP contribution >= 0.6 is 7.60 Å². The molecular weight excluding hydrogens is 431 g/mol. The summed E-state index contributed by atoms with van der Waals surface area (Å²) in [4.78, 5) is 34.7. The molecule has 1 aliphatic carbocycles. The van der Waals surface area contributed by atoms with Gasteiger partial charge in [-0.15, -0.1) is 0 Å². The zero-order valence-corrected chi connectivity index (χ0v) is 19.9. The number of amides is 1. The maximum absolute atomic E-state index is 12.8. The van der Waals surface area contributed by atoms with Crippen molar-refractivity contribution in [1.29, 1.82) is 0 Å². The highest BCUT2D eigenvalue weighted by atomic mass is 31.2. The Bertz CT molecular complexity index is 782. The van der Waals surface area contributed by atoms with E-state index >= 15 is 0 Å². The molecule has 0 radical (unpaired) electrons. The molecule has 5 N–H and O–H groups in total. The van der Waals surface area contributed by atoms with E-state index in [1.54, 1.807) is 13.8 Å². The van der Waals surface area contributed by atoms with Gasteiger partial charge in [0.25, 0.3) is 0 Å². The van der Waals surface area contributed by atoms with E-state index in [-0.39, 0.29) is 11.8 Å². The predicted molar refractivity (Wildman–Crippen MR) is 123 cm³/mol. The van der Waals surface area contributed by atoms with Crippen LogP contribution in [0, 0.1) is 17.8 Å². The molecule has 1 aromatic carbocycles. The quantitative estimate of drug-likeness (QED) is 0.272. The van der Waals surface area contributed by atoms with Crippen molar-refractivity contribution in [2.24, 2.45) is 23.5 Å². The Hall–Kier alpha value is -1.73. The summed E-state index contributed by atoms with van der Waals surface area (Å²) in [6.45, 7) is 3.37. The molecule has 1 saturated carbocycles. The fourth-order valence-corrected chi connectivity index (χ4v) is 5.84. The number of nitrogens with one attached hydrogen (secondary N) is 1.